The summed E-state index contributed by atoms with van der Waals surface area (Å²) in [6.45, 7) is 0.914. The molecule has 0 bridgehead atoms. The van der Waals surface area contributed by atoms with Crippen LogP contribution in [-0.4, -0.2) is 29.3 Å². The van der Waals surface area contributed by atoms with Gasteiger partial charge in [0.15, 0.2) is 0 Å². The summed E-state index contributed by atoms with van der Waals surface area (Å²) in [6, 6.07) is 6.02. The number of pyridine rings is 1. The Kier molecular flexibility index (Phi) is 3.66. The van der Waals surface area contributed by atoms with Gasteiger partial charge < -0.3 is 15.2 Å². The minimum atomic E-state index is -1.02. The van der Waals surface area contributed by atoms with Gasteiger partial charge in [0.05, 0.1) is 13.2 Å². The van der Waals surface area contributed by atoms with Crippen LogP contribution in [0, 0.1) is 0 Å². The topological polar surface area (TPSA) is 71.5 Å². The number of hydrogen-bond donors (Lipinski definition) is 2. The van der Waals surface area contributed by atoms with Crippen molar-refractivity contribution in [2.24, 2.45) is 0 Å². The number of fused-ring (bicyclic) bond motifs is 1. The minimum Gasteiger partial charge on any atom is -0.465 e. The molecule has 0 fully saturated rings. The summed E-state index contributed by atoms with van der Waals surface area (Å²) in [7, 11) is 0. The molecule has 2 N–H and O–H groups in total. The molecule has 1 amide bonds. The van der Waals surface area contributed by atoms with E-state index in [2.05, 4.69) is 16.4 Å². The van der Waals surface area contributed by atoms with E-state index >= 15 is 0 Å². The number of amides is 1. The Morgan fingerprint density at radius 1 is 1.60 bits per heavy atom. The van der Waals surface area contributed by atoms with Crippen LogP contribution in [0.1, 0.15) is 16.5 Å². The maximum atomic E-state index is 10.6. The zero-order valence-corrected chi connectivity index (χ0v) is 11.5. The maximum absolute atomic E-state index is 10.6. The lowest BCUT2D eigenvalue weighted by Crippen LogP contribution is -2.30. The van der Waals surface area contributed by atoms with Crippen LogP contribution in [0.4, 0.5) is 4.79 Å². The normalized spacial score (nSPS) is 17.5. The van der Waals surface area contributed by atoms with Gasteiger partial charge in [-0.25, -0.2) is 4.79 Å². The standard InChI is InChI=1S/C14H14N2O3S/c17-14(18)16-8-11-10-6-13(9-2-1-4-15-7-9)20-12(10)3-5-19-11/h1-2,4,6-7,11,16H,3,5,8H2,(H,17,18). The molecule has 0 aromatic carbocycles. The summed E-state index contributed by atoms with van der Waals surface area (Å²) in [5.74, 6) is 0. The second-order valence-corrected chi connectivity index (χ2v) is 5.66. The van der Waals surface area contributed by atoms with E-state index in [1.54, 1.807) is 17.5 Å². The van der Waals surface area contributed by atoms with Gasteiger partial charge in [-0.3, -0.25) is 4.98 Å². The van der Waals surface area contributed by atoms with Crippen molar-refractivity contribution in [2.45, 2.75) is 12.5 Å². The van der Waals surface area contributed by atoms with Gasteiger partial charge >= 0.3 is 6.09 Å². The van der Waals surface area contributed by atoms with Crippen molar-refractivity contribution in [3.63, 3.8) is 0 Å². The summed E-state index contributed by atoms with van der Waals surface area (Å²) in [5, 5.41) is 11.1. The van der Waals surface area contributed by atoms with E-state index in [0.29, 0.717) is 6.61 Å². The molecule has 2 aromatic heterocycles. The van der Waals surface area contributed by atoms with Gasteiger partial charge in [-0.1, -0.05) is 6.07 Å². The van der Waals surface area contributed by atoms with Crippen LogP contribution >= 0.6 is 11.3 Å². The van der Waals surface area contributed by atoms with Crippen LogP contribution in [-0.2, 0) is 11.2 Å². The highest BCUT2D eigenvalue weighted by molar-refractivity contribution is 7.15. The fourth-order valence-electron chi connectivity index (χ4n) is 2.29. The van der Waals surface area contributed by atoms with Crippen molar-refractivity contribution in [3.05, 3.63) is 41.0 Å². The Labute approximate surface area is 120 Å². The van der Waals surface area contributed by atoms with Gasteiger partial charge in [0.1, 0.15) is 6.10 Å². The highest BCUT2D eigenvalue weighted by Crippen LogP contribution is 2.38. The van der Waals surface area contributed by atoms with Gasteiger partial charge in [-0.05, 0) is 17.7 Å². The number of nitrogens with zero attached hydrogens (tertiary/aromatic N) is 1. The Bertz CT molecular complexity index is 612. The smallest absolute Gasteiger partial charge is 0.404 e. The largest absolute Gasteiger partial charge is 0.465 e. The number of rotatable bonds is 3. The molecule has 3 rings (SSSR count). The Hall–Kier alpha value is -1.92. The van der Waals surface area contributed by atoms with Crippen LogP contribution in [0.2, 0.25) is 0 Å². The molecule has 0 spiro atoms. The van der Waals surface area contributed by atoms with Gasteiger partial charge in [-0.15, -0.1) is 11.3 Å². The fraction of sp³-hybridized carbons (Fsp3) is 0.286. The Morgan fingerprint density at radius 3 is 3.25 bits per heavy atom. The summed E-state index contributed by atoms with van der Waals surface area (Å²) in [4.78, 5) is 17.2. The molecule has 0 saturated carbocycles. The third-order valence-electron chi connectivity index (χ3n) is 3.22. The van der Waals surface area contributed by atoms with Crippen molar-refractivity contribution in [1.29, 1.82) is 0 Å². The third-order valence-corrected chi connectivity index (χ3v) is 4.48. The number of carbonyl (C=O) groups is 1. The molecular formula is C14H14N2O3S. The predicted molar refractivity (Wildman–Crippen MR) is 76.0 cm³/mol. The van der Waals surface area contributed by atoms with Crippen LogP contribution in [0.15, 0.2) is 30.6 Å². The first kappa shape index (κ1) is 13.1. The molecule has 1 unspecified atom stereocenters. The second-order valence-electron chi connectivity index (χ2n) is 4.53. The molecule has 3 heterocycles. The molecule has 1 atom stereocenters. The van der Waals surface area contributed by atoms with E-state index in [4.69, 9.17) is 9.84 Å². The van der Waals surface area contributed by atoms with E-state index in [-0.39, 0.29) is 12.6 Å². The monoisotopic (exact) mass is 290 g/mol. The van der Waals surface area contributed by atoms with Crippen LogP contribution in [0.25, 0.3) is 10.4 Å². The highest BCUT2D eigenvalue weighted by atomic mass is 32.1. The highest BCUT2D eigenvalue weighted by Gasteiger charge is 2.24. The summed E-state index contributed by atoms with van der Waals surface area (Å²) >= 11 is 1.73. The van der Waals surface area contributed by atoms with Gasteiger partial charge in [-0.2, -0.15) is 0 Å². The summed E-state index contributed by atoms with van der Waals surface area (Å²) in [6.07, 6.45) is 3.24. The van der Waals surface area contributed by atoms with E-state index in [9.17, 15) is 4.79 Å². The molecule has 104 valence electrons. The van der Waals surface area contributed by atoms with Crippen molar-refractivity contribution in [1.82, 2.24) is 10.3 Å². The molecular weight excluding hydrogens is 276 g/mol. The first-order valence-electron chi connectivity index (χ1n) is 6.35. The van der Waals surface area contributed by atoms with E-state index in [1.165, 1.54) is 4.88 Å². The lowest BCUT2D eigenvalue weighted by atomic mass is 10.0. The number of ether oxygens (including phenoxy) is 1. The van der Waals surface area contributed by atoms with Gasteiger partial charge in [0.2, 0.25) is 0 Å². The third kappa shape index (κ3) is 2.66. The molecule has 20 heavy (non-hydrogen) atoms. The van der Waals surface area contributed by atoms with Crippen molar-refractivity contribution < 1.29 is 14.6 Å². The van der Waals surface area contributed by atoms with Crippen LogP contribution in [0.5, 0.6) is 0 Å². The van der Waals surface area contributed by atoms with Crippen molar-refractivity contribution in [3.8, 4) is 10.4 Å². The SMILES string of the molecule is O=C(O)NCC1OCCc2sc(-c3cccnc3)cc21. The molecule has 2 aromatic rings. The van der Waals surface area contributed by atoms with Crippen molar-refractivity contribution in [2.75, 3.05) is 13.2 Å². The fourth-order valence-corrected chi connectivity index (χ4v) is 3.48. The Balaban J connectivity index is 1.87. The molecule has 0 aliphatic carbocycles. The zero-order chi connectivity index (χ0) is 13.9. The maximum Gasteiger partial charge on any atom is 0.404 e. The zero-order valence-electron chi connectivity index (χ0n) is 10.7. The molecule has 0 saturated heterocycles. The molecule has 0 radical (unpaired) electrons. The lowest BCUT2D eigenvalue weighted by molar-refractivity contribution is 0.0439. The quantitative estimate of drug-likeness (QED) is 0.911. The van der Waals surface area contributed by atoms with Crippen LogP contribution in [0.3, 0.4) is 0 Å². The molecule has 5 nitrogen and oxygen atoms in total. The second kappa shape index (κ2) is 5.60. The predicted octanol–water partition coefficient (Wildman–Crippen LogP) is 2.69. The minimum absolute atomic E-state index is 0.198. The average molecular weight is 290 g/mol. The lowest BCUT2D eigenvalue weighted by Gasteiger charge is -2.22. The number of aromatic nitrogens is 1. The van der Waals surface area contributed by atoms with Gasteiger partial charge in [0, 0.05) is 34.1 Å². The summed E-state index contributed by atoms with van der Waals surface area (Å²) < 4.78 is 5.67. The first-order valence-corrected chi connectivity index (χ1v) is 7.17. The number of hydrogen-bond acceptors (Lipinski definition) is 4. The first-order chi connectivity index (χ1) is 9.74. The van der Waals surface area contributed by atoms with Crippen molar-refractivity contribution >= 4 is 17.4 Å². The molecule has 1 aliphatic heterocycles. The number of carboxylic acid groups (broad SMARTS) is 1. The Morgan fingerprint density at radius 2 is 2.50 bits per heavy atom. The summed E-state index contributed by atoms with van der Waals surface area (Å²) in [5.41, 5.74) is 2.17. The molecule has 6 heteroatoms. The van der Waals surface area contributed by atoms with E-state index in [0.717, 1.165) is 22.4 Å². The number of nitrogens with one attached hydrogen (secondary N) is 1. The number of thiophene rings is 1. The van der Waals surface area contributed by atoms with E-state index < -0.39 is 6.09 Å². The van der Waals surface area contributed by atoms with E-state index in [1.807, 2.05) is 18.3 Å². The van der Waals surface area contributed by atoms with Crippen LogP contribution < -0.4 is 5.32 Å². The van der Waals surface area contributed by atoms with Gasteiger partial charge in [0.25, 0.3) is 0 Å². The average Bonchev–Trinajstić information content (AvgIpc) is 2.90. The molecule has 1 aliphatic rings.